The van der Waals surface area contributed by atoms with Crippen molar-refractivity contribution in [3.63, 3.8) is 0 Å². The van der Waals surface area contributed by atoms with Gasteiger partial charge >= 0.3 is 0 Å². The van der Waals surface area contributed by atoms with E-state index in [4.69, 9.17) is 0 Å². The zero-order valence-corrected chi connectivity index (χ0v) is 15.9. The van der Waals surface area contributed by atoms with Gasteiger partial charge in [0.2, 0.25) is 0 Å². The summed E-state index contributed by atoms with van der Waals surface area (Å²) < 4.78 is 0. The number of benzene rings is 4. The lowest BCUT2D eigenvalue weighted by Gasteiger charge is -1.92. The normalized spacial score (nSPS) is 10.6. The second-order valence-corrected chi connectivity index (χ2v) is 6.31. The van der Waals surface area contributed by atoms with Crippen LogP contribution in [0.1, 0.15) is 22.3 Å². The van der Waals surface area contributed by atoms with Crippen molar-refractivity contribution < 1.29 is 0 Å². The molecule has 0 saturated carbocycles. The molecule has 136 valence electrons. The molecule has 0 N–H and O–H groups in total. The Bertz CT molecular complexity index is 799. The first-order valence-electron chi connectivity index (χ1n) is 9.46. The van der Waals surface area contributed by atoms with Crippen LogP contribution in [0.5, 0.6) is 0 Å². The summed E-state index contributed by atoms with van der Waals surface area (Å²) in [6, 6.07) is 41.3. The van der Waals surface area contributed by atoms with Crippen molar-refractivity contribution in [2.24, 2.45) is 0 Å². The Morgan fingerprint density at radius 1 is 0.250 bits per heavy atom. The van der Waals surface area contributed by atoms with Crippen molar-refractivity contribution >= 4 is 24.3 Å². The maximum atomic E-state index is 2.12. The lowest BCUT2D eigenvalue weighted by molar-refractivity contribution is 1.65. The molecule has 0 aromatic heterocycles. The van der Waals surface area contributed by atoms with Crippen LogP contribution < -0.4 is 0 Å². The van der Waals surface area contributed by atoms with Crippen molar-refractivity contribution in [2.45, 2.75) is 0 Å². The molecule has 0 aliphatic carbocycles. The van der Waals surface area contributed by atoms with E-state index < -0.39 is 0 Å². The van der Waals surface area contributed by atoms with Gasteiger partial charge in [-0.25, -0.2) is 0 Å². The highest BCUT2D eigenvalue weighted by atomic mass is 13.9. The molecule has 0 radical (unpaired) electrons. The summed E-state index contributed by atoms with van der Waals surface area (Å²) in [6.45, 7) is 0. The van der Waals surface area contributed by atoms with Crippen LogP contribution in [-0.4, -0.2) is 0 Å². The molecule has 0 aliphatic rings. The van der Waals surface area contributed by atoms with Crippen LogP contribution in [0.25, 0.3) is 24.3 Å². The molecule has 0 fully saturated rings. The van der Waals surface area contributed by atoms with Gasteiger partial charge in [0.15, 0.2) is 0 Å². The smallest absolute Gasteiger partial charge is 0.0256 e. The van der Waals surface area contributed by atoms with Gasteiger partial charge in [-0.2, -0.15) is 0 Å². The summed E-state index contributed by atoms with van der Waals surface area (Å²) in [6.07, 6.45) is 8.48. The average Bonchev–Trinajstić information content (AvgIpc) is 2.80. The highest BCUT2D eigenvalue weighted by molar-refractivity contribution is 5.70. The van der Waals surface area contributed by atoms with Gasteiger partial charge in [-0.05, 0) is 22.3 Å². The highest BCUT2D eigenvalue weighted by Gasteiger charge is 1.85. The molecule has 4 rings (SSSR count). The van der Waals surface area contributed by atoms with E-state index in [0.29, 0.717) is 0 Å². The van der Waals surface area contributed by atoms with Gasteiger partial charge in [-0.1, -0.05) is 146 Å². The predicted octanol–water partition coefficient (Wildman–Crippen LogP) is 7.71. The molecule has 0 nitrogen and oxygen atoms in total. The van der Waals surface area contributed by atoms with Gasteiger partial charge in [-0.3, -0.25) is 0 Å². The molecule has 0 spiro atoms. The largest absolute Gasteiger partial charge is 0.0622 e. The van der Waals surface area contributed by atoms with Crippen LogP contribution in [0.2, 0.25) is 0 Å². The fraction of sp³-hybridized carbons (Fsp3) is 0. The monoisotopic (exact) mass is 360 g/mol. The maximum Gasteiger partial charge on any atom is -0.0256 e. The van der Waals surface area contributed by atoms with Crippen molar-refractivity contribution in [3.05, 3.63) is 144 Å². The predicted molar refractivity (Wildman–Crippen MR) is 124 cm³/mol. The standard InChI is InChI=1S/2C14H12/c2*1-3-7-13(8-4-1)11-12-14-9-5-2-6-10-14/h2*1-12H. The lowest BCUT2D eigenvalue weighted by atomic mass is 10.1. The van der Waals surface area contributed by atoms with Crippen LogP contribution in [-0.2, 0) is 0 Å². The first-order valence-corrected chi connectivity index (χ1v) is 9.46. The van der Waals surface area contributed by atoms with Crippen LogP contribution in [0, 0.1) is 0 Å². The van der Waals surface area contributed by atoms with E-state index in [-0.39, 0.29) is 0 Å². The molecule has 28 heavy (non-hydrogen) atoms. The first-order chi connectivity index (χ1) is 13.9. The second kappa shape index (κ2) is 11.2. The van der Waals surface area contributed by atoms with E-state index in [9.17, 15) is 0 Å². The fourth-order valence-corrected chi connectivity index (χ4v) is 2.64. The van der Waals surface area contributed by atoms with Crippen LogP contribution >= 0.6 is 0 Å². The van der Waals surface area contributed by atoms with Gasteiger partial charge in [0.1, 0.15) is 0 Å². The second-order valence-electron chi connectivity index (χ2n) is 6.31. The average molecular weight is 361 g/mol. The third-order valence-electron chi connectivity index (χ3n) is 4.13. The first kappa shape index (κ1) is 19.1. The van der Waals surface area contributed by atoms with Crippen LogP contribution in [0.15, 0.2) is 121 Å². The molecule has 0 saturated heterocycles. The molecular formula is C28H24. The van der Waals surface area contributed by atoms with E-state index in [1.165, 1.54) is 22.3 Å². The lowest BCUT2D eigenvalue weighted by Crippen LogP contribution is -1.70. The third-order valence-corrected chi connectivity index (χ3v) is 4.13. The summed E-state index contributed by atoms with van der Waals surface area (Å²) in [5.74, 6) is 0. The van der Waals surface area contributed by atoms with E-state index >= 15 is 0 Å². The third kappa shape index (κ3) is 6.93. The summed E-state index contributed by atoms with van der Waals surface area (Å²) in [5, 5.41) is 0. The minimum Gasteiger partial charge on any atom is -0.0622 e. The fourth-order valence-electron chi connectivity index (χ4n) is 2.64. The molecule has 4 aromatic carbocycles. The summed E-state index contributed by atoms with van der Waals surface area (Å²) >= 11 is 0. The van der Waals surface area contributed by atoms with Crippen LogP contribution in [0.3, 0.4) is 0 Å². The molecule has 0 heterocycles. The Morgan fingerprint density at radius 2 is 0.429 bits per heavy atom. The molecule has 0 bridgehead atoms. The Hall–Kier alpha value is -3.64. The van der Waals surface area contributed by atoms with E-state index in [2.05, 4.69) is 72.8 Å². The zero-order chi connectivity index (χ0) is 19.3. The van der Waals surface area contributed by atoms with Crippen molar-refractivity contribution in [1.82, 2.24) is 0 Å². The molecule has 0 aliphatic heterocycles. The summed E-state index contributed by atoms with van der Waals surface area (Å²) in [5.41, 5.74) is 4.93. The van der Waals surface area contributed by atoms with Gasteiger partial charge in [0.05, 0.1) is 0 Å². The number of hydrogen-bond acceptors (Lipinski definition) is 0. The molecule has 0 amide bonds. The molecule has 0 unspecified atom stereocenters. The zero-order valence-electron chi connectivity index (χ0n) is 15.9. The molecule has 4 aromatic rings. The SMILES string of the molecule is C(=Cc1ccccc1)c1ccccc1.C(=Cc1ccccc1)c1ccccc1. The Morgan fingerprint density at radius 3 is 0.607 bits per heavy atom. The van der Waals surface area contributed by atoms with Gasteiger partial charge in [0, 0.05) is 0 Å². The highest BCUT2D eigenvalue weighted by Crippen LogP contribution is 2.08. The van der Waals surface area contributed by atoms with Crippen LogP contribution in [0.4, 0.5) is 0 Å². The minimum atomic E-state index is 1.23. The molecule has 0 heteroatoms. The number of rotatable bonds is 4. The van der Waals surface area contributed by atoms with Crippen molar-refractivity contribution in [2.75, 3.05) is 0 Å². The Kier molecular flexibility index (Phi) is 7.62. The van der Waals surface area contributed by atoms with Gasteiger partial charge in [-0.15, -0.1) is 0 Å². The van der Waals surface area contributed by atoms with Gasteiger partial charge < -0.3 is 0 Å². The van der Waals surface area contributed by atoms with E-state index in [1.807, 2.05) is 72.8 Å². The topological polar surface area (TPSA) is 0 Å². The Labute approximate surface area is 168 Å². The Balaban J connectivity index is 0.000000161. The molecule has 0 atom stereocenters. The van der Waals surface area contributed by atoms with E-state index in [1.54, 1.807) is 0 Å². The van der Waals surface area contributed by atoms with Crippen molar-refractivity contribution in [3.8, 4) is 0 Å². The number of hydrogen-bond donors (Lipinski definition) is 0. The molecular weight excluding hydrogens is 336 g/mol. The summed E-state index contributed by atoms with van der Waals surface area (Å²) in [7, 11) is 0. The minimum absolute atomic E-state index is 1.23. The maximum absolute atomic E-state index is 2.12. The van der Waals surface area contributed by atoms with E-state index in [0.717, 1.165) is 0 Å². The van der Waals surface area contributed by atoms with Gasteiger partial charge in [0.25, 0.3) is 0 Å². The summed E-state index contributed by atoms with van der Waals surface area (Å²) in [4.78, 5) is 0. The quantitative estimate of drug-likeness (QED) is 0.327. The van der Waals surface area contributed by atoms with Crippen molar-refractivity contribution in [1.29, 1.82) is 0 Å².